The first kappa shape index (κ1) is 20.0. The Morgan fingerprint density at radius 2 is 1.49 bits per heavy atom. The average Bonchev–Trinajstić information content (AvgIpc) is 3.47. The summed E-state index contributed by atoms with van der Waals surface area (Å²) in [6.45, 7) is 1.13. The van der Waals surface area contributed by atoms with Gasteiger partial charge in [0.25, 0.3) is 0 Å². The summed E-state index contributed by atoms with van der Waals surface area (Å²) in [6.07, 6.45) is 1.79. The molecule has 0 bridgehead atoms. The SMILES string of the molecule is O=C1C[C@@H](c2ccc3c(c2)OCO3)c2c(ccc3c2O/C(=C\c2ccc4c(c2)OCCO4)C3=O)O1. The van der Waals surface area contributed by atoms with Gasteiger partial charge in [-0.2, -0.15) is 0 Å². The van der Waals surface area contributed by atoms with E-state index in [9.17, 15) is 9.59 Å². The van der Waals surface area contributed by atoms with Gasteiger partial charge in [-0.15, -0.1) is 0 Å². The quantitative estimate of drug-likeness (QED) is 0.312. The van der Waals surface area contributed by atoms with E-state index in [1.165, 1.54) is 0 Å². The molecule has 4 heterocycles. The lowest BCUT2D eigenvalue weighted by molar-refractivity contribution is -0.135. The summed E-state index contributed by atoms with van der Waals surface area (Å²) < 4.78 is 33.8. The molecule has 35 heavy (non-hydrogen) atoms. The third-order valence-electron chi connectivity index (χ3n) is 6.44. The lowest BCUT2D eigenvalue weighted by Gasteiger charge is -2.26. The molecule has 0 radical (unpaired) electrons. The van der Waals surface area contributed by atoms with Crippen LogP contribution in [0.3, 0.4) is 0 Å². The minimum absolute atomic E-state index is 0.113. The number of hydrogen-bond acceptors (Lipinski definition) is 8. The van der Waals surface area contributed by atoms with Gasteiger partial charge < -0.3 is 28.4 Å². The van der Waals surface area contributed by atoms with Crippen LogP contribution in [0.15, 0.2) is 54.3 Å². The predicted molar refractivity (Wildman–Crippen MR) is 121 cm³/mol. The van der Waals surface area contributed by atoms with Gasteiger partial charge in [0.15, 0.2) is 28.8 Å². The second kappa shape index (κ2) is 7.53. The van der Waals surface area contributed by atoms with Crippen molar-refractivity contribution in [1.29, 1.82) is 0 Å². The zero-order valence-electron chi connectivity index (χ0n) is 18.4. The molecule has 0 N–H and O–H groups in total. The van der Waals surface area contributed by atoms with Crippen molar-refractivity contribution in [2.24, 2.45) is 0 Å². The molecule has 0 aromatic heterocycles. The Morgan fingerprint density at radius 1 is 0.743 bits per heavy atom. The first-order valence-corrected chi connectivity index (χ1v) is 11.2. The highest BCUT2D eigenvalue weighted by molar-refractivity contribution is 6.15. The summed E-state index contributed by atoms with van der Waals surface area (Å²) in [5, 5.41) is 0. The molecule has 0 saturated carbocycles. The van der Waals surface area contributed by atoms with Crippen molar-refractivity contribution >= 4 is 17.8 Å². The fourth-order valence-corrected chi connectivity index (χ4v) is 4.82. The predicted octanol–water partition coefficient (Wildman–Crippen LogP) is 4.24. The van der Waals surface area contributed by atoms with Gasteiger partial charge in [0.05, 0.1) is 12.0 Å². The van der Waals surface area contributed by atoms with E-state index in [0.717, 1.165) is 11.1 Å². The first-order chi connectivity index (χ1) is 17.1. The second-order valence-corrected chi connectivity index (χ2v) is 8.54. The van der Waals surface area contributed by atoms with Crippen molar-refractivity contribution in [1.82, 2.24) is 0 Å². The molecule has 3 aromatic rings. The van der Waals surface area contributed by atoms with E-state index in [2.05, 4.69) is 0 Å². The van der Waals surface area contributed by atoms with E-state index >= 15 is 0 Å². The van der Waals surface area contributed by atoms with E-state index in [1.807, 2.05) is 36.4 Å². The lowest BCUT2D eigenvalue weighted by Crippen LogP contribution is -2.21. The molecule has 4 aliphatic rings. The van der Waals surface area contributed by atoms with E-state index in [1.54, 1.807) is 18.2 Å². The van der Waals surface area contributed by atoms with Gasteiger partial charge >= 0.3 is 5.97 Å². The van der Waals surface area contributed by atoms with Crippen molar-refractivity contribution in [3.8, 4) is 34.5 Å². The maximum atomic E-state index is 13.2. The Hall–Kier alpha value is -4.46. The summed E-state index contributed by atoms with van der Waals surface area (Å²) in [5.41, 5.74) is 2.69. The molecule has 0 aliphatic carbocycles. The minimum atomic E-state index is -0.364. The zero-order valence-corrected chi connectivity index (χ0v) is 18.4. The standard InChI is InChI=1S/C27H18O8/c28-24-12-17(15-2-5-19-22(11-15)33-13-32-19)25-20(34-24)6-3-16-26(29)23(35-27(16)25)10-14-1-4-18-21(9-14)31-8-7-30-18/h1-6,9-11,17H,7-8,12-13H2/b23-10-/t17-/m0/s1. The third kappa shape index (κ3) is 3.21. The van der Waals surface area contributed by atoms with Crippen LogP contribution in [-0.2, 0) is 4.79 Å². The van der Waals surface area contributed by atoms with E-state index in [-0.39, 0.29) is 36.6 Å². The number of allylic oxidation sites excluding steroid dienone is 1. The van der Waals surface area contributed by atoms with E-state index in [4.69, 9.17) is 28.4 Å². The lowest BCUT2D eigenvalue weighted by atomic mass is 9.84. The van der Waals surface area contributed by atoms with Gasteiger partial charge in [-0.25, -0.2) is 0 Å². The monoisotopic (exact) mass is 470 g/mol. The van der Waals surface area contributed by atoms with Gasteiger partial charge in [0.1, 0.15) is 24.7 Å². The van der Waals surface area contributed by atoms with Crippen molar-refractivity contribution in [2.75, 3.05) is 20.0 Å². The van der Waals surface area contributed by atoms with Gasteiger partial charge in [0, 0.05) is 11.5 Å². The Labute approximate surface area is 199 Å². The molecule has 8 nitrogen and oxygen atoms in total. The summed E-state index contributed by atoms with van der Waals surface area (Å²) in [5.74, 6) is 2.60. The third-order valence-corrected chi connectivity index (χ3v) is 6.44. The molecule has 1 atom stereocenters. The molecule has 3 aromatic carbocycles. The zero-order chi connectivity index (χ0) is 23.5. The highest BCUT2D eigenvalue weighted by Crippen LogP contribution is 2.50. The molecular formula is C27H18O8. The summed E-state index contributed by atoms with van der Waals surface area (Å²) in [4.78, 5) is 25.7. The Kier molecular flexibility index (Phi) is 4.29. The van der Waals surface area contributed by atoms with Crippen LogP contribution in [0.4, 0.5) is 0 Å². The Balaban J connectivity index is 1.29. The molecule has 0 unspecified atom stereocenters. The van der Waals surface area contributed by atoms with Gasteiger partial charge in [0.2, 0.25) is 12.6 Å². The molecule has 0 saturated heterocycles. The maximum Gasteiger partial charge on any atom is 0.312 e. The van der Waals surface area contributed by atoms with Crippen LogP contribution < -0.4 is 28.4 Å². The van der Waals surface area contributed by atoms with Crippen LogP contribution in [0.1, 0.15) is 39.4 Å². The van der Waals surface area contributed by atoms with Crippen molar-refractivity contribution < 1.29 is 38.0 Å². The largest absolute Gasteiger partial charge is 0.486 e. The normalized spacial score (nSPS) is 20.2. The van der Waals surface area contributed by atoms with E-state index < -0.39 is 0 Å². The van der Waals surface area contributed by atoms with Crippen LogP contribution in [0.25, 0.3) is 6.08 Å². The second-order valence-electron chi connectivity index (χ2n) is 8.54. The summed E-state index contributed by atoms with van der Waals surface area (Å²) in [7, 11) is 0. The topological polar surface area (TPSA) is 89.5 Å². The number of rotatable bonds is 2. The number of fused-ring (bicyclic) bond motifs is 5. The number of ether oxygens (including phenoxy) is 6. The smallest absolute Gasteiger partial charge is 0.312 e. The Morgan fingerprint density at radius 3 is 2.40 bits per heavy atom. The van der Waals surface area contributed by atoms with Gasteiger partial charge in [-0.3, -0.25) is 9.59 Å². The number of carbonyl (C=O) groups excluding carboxylic acids is 2. The van der Waals surface area contributed by atoms with Gasteiger partial charge in [-0.05, 0) is 53.6 Å². The molecule has 0 spiro atoms. The van der Waals surface area contributed by atoms with Crippen LogP contribution in [-0.4, -0.2) is 31.8 Å². The fraction of sp³-hybridized carbons (Fsp3) is 0.185. The molecule has 4 aliphatic heterocycles. The number of ketones is 1. The van der Waals surface area contributed by atoms with Gasteiger partial charge in [-0.1, -0.05) is 12.1 Å². The fourth-order valence-electron chi connectivity index (χ4n) is 4.82. The van der Waals surface area contributed by atoms with Crippen LogP contribution in [0.2, 0.25) is 0 Å². The minimum Gasteiger partial charge on any atom is -0.486 e. The average molecular weight is 470 g/mol. The molecule has 7 rings (SSSR count). The molecule has 0 fully saturated rings. The highest BCUT2D eigenvalue weighted by atomic mass is 16.7. The van der Waals surface area contributed by atoms with Crippen molar-refractivity contribution in [3.05, 3.63) is 76.5 Å². The van der Waals surface area contributed by atoms with Crippen LogP contribution >= 0.6 is 0 Å². The molecular weight excluding hydrogens is 452 g/mol. The van der Waals surface area contributed by atoms with Crippen molar-refractivity contribution in [3.63, 3.8) is 0 Å². The number of hydrogen-bond donors (Lipinski definition) is 0. The summed E-state index contributed by atoms with van der Waals surface area (Å²) >= 11 is 0. The van der Waals surface area contributed by atoms with Crippen molar-refractivity contribution in [2.45, 2.75) is 12.3 Å². The number of esters is 1. The van der Waals surface area contributed by atoms with Crippen LogP contribution in [0, 0.1) is 0 Å². The molecule has 8 heteroatoms. The number of carbonyl (C=O) groups is 2. The Bertz CT molecular complexity index is 1450. The number of benzene rings is 3. The molecule has 0 amide bonds. The molecule has 174 valence electrons. The summed E-state index contributed by atoms with van der Waals surface area (Å²) in [6, 6.07) is 14.3. The maximum absolute atomic E-state index is 13.2. The van der Waals surface area contributed by atoms with Crippen LogP contribution in [0.5, 0.6) is 34.5 Å². The highest BCUT2D eigenvalue weighted by Gasteiger charge is 2.39. The van der Waals surface area contributed by atoms with E-state index in [0.29, 0.717) is 58.8 Å². The number of Topliss-reactive ketones (excluding diaryl/α,β-unsaturated/α-hetero) is 1. The first-order valence-electron chi connectivity index (χ1n) is 11.2.